The maximum absolute atomic E-state index is 14.2. The van der Waals surface area contributed by atoms with Gasteiger partial charge in [-0.05, 0) is 49.1 Å². The lowest BCUT2D eigenvalue weighted by Gasteiger charge is -2.52. The van der Waals surface area contributed by atoms with Gasteiger partial charge in [0.25, 0.3) is 5.91 Å². The van der Waals surface area contributed by atoms with Gasteiger partial charge in [0.1, 0.15) is 48.5 Å². The number of amides is 3. The normalized spacial score (nSPS) is 28.0. The number of carbonyl (C=O) groups excluding carboxylic acids is 2. The van der Waals surface area contributed by atoms with E-state index in [-0.39, 0.29) is 22.8 Å². The van der Waals surface area contributed by atoms with E-state index in [0.717, 1.165) is 23.0 Å². The molecule has 6 heterocycles. The number of phosphoric ester groups is 2. The molecule has 2 unspecified atom stereocenters. The molecule has 1 spiro atoms. The van der Waals surface area contributed by atoms with Crippen LogP contribution >= 0.6 is 15.6 Å². The summed E-state index contributed by atoms with van der Waals surface area (Å²) < 4.78 is 46.2. The molecule has 4 aromatic rings. The Morgan fingerprint density at radius 1 is 0.968 bits per heavy atom. The molecule has 62 heavy (non-hydrogen) atoms. The lowest BCUT2D eigenvalue weighted by molar-refractivity contribution is -0.123. The summed E-state index contributed by atoms with van der Waals surface area (Å²) in [6.07, 6.45) is -9.49. The standard InChI is InChI=1S/C36H43N9O15P2/c1-17-10-21-22(11-18(17)2)45-9-8-20(19-6-4-3-5-7-19)36(45)33(41-35(52)42-34(36)51)43(21)12-23(46)27(48)24(47)13-57-61(53,54)60-62(55,56)58-14-25-28(49)29(50)32(59-25)44-16-40-26-30(37)38-15-39-31(26)44/h3-7,10-11,15-16,20,23-25,27-29,32,46-50H,8-9,12-14H2,1-2H3,(H,53,54)(H,55,56)(H2,37,38,39)(H,42,51,52)/t20-,23-,24+,25+,27-,28+,29+,32+,36-/m0/s1. The van der Waals surface area contributed by atoms with Gasteiger partial charge in [0.05, 0.1) is 37.5 Å². The van der Waals surface area contributed by atoms with E-state index in [0.29, 0.717) is 24.3 Å². The lowest BCUT2D eigenvalue weighted by atomic mass is 9.75. The first kappa shape index (κ1) is 43.9. The van der Waals surface area contributed by atoms with Crippen molar-refractivity contribution in [1.82, 2.24) is 24.8 Å². The molecule has 2 aromatic heterocycles. The van der Waals surface area contributed by atoms with Crippen LogP contribution in [0.2, 0.25) is 0 Å². The zero-order valence-electron chi connectivity index (χ0n) is 32.8. The molecular formula is C36H43N9O15P2. The number of aliphatic hydroxyl groups excluding tert-OH is 5. The van der Waals surface area contributed by atoms with Gasteiger partial charge in [-0.15, -0.1) is 0 Å². The van der Waals surface area contributed by atoms with Gasteiger partial charge in [-0.1, -0.05) is 30.3 Å². The maximum atomic E-state index is 14.2. The number of carbonyl (C=O) groups is 2. The molecule has 2 aromatic carbocycles. The van der Waals surface area contributed by atoms with E-state index in [1.54, 1.807) is 6.07 Å². The van der Waals surface area contributed by atoms with Crippen LogP contribution in [-0.2, 0) is 32.0 Å². The smallest absolute Gasteiger partial charge is 0.388 e. The number of phosphoric acid groups is 2. The topological polar surface area (TPSA) is 347 Å². The van der Waals surface area contributed by atoms with Crippen molar-refractivity contribution in [2.75, 3.05) is 41.8 Å². The summed E-state index contributed by atoms with van der Waals surface area (Å²) in [6.45, 7) is 1.38. The van der Waals surface area contributed by atoms with Crippen LogP contribution in [0.15, 0.2) is 60.1 Å². The second-order valence-electron chi connectivity index (χ2n) is 15.3. The van der Waals surface area contributed by atoms with Crippen LogP contribution in [0, 0.1) is 13.8 Å². The summed E-state index contributed by atoms with van der Waals surface area (Å²) in [5, 5.41) is 56.9. The first-order chi connectivity index (χ1) is 29.3. The number of imidazole rings is 1. The molecule has 332 valence electrons. The van der Waals surface area contributed by atoms with Gasteiger partial charge in [-0.2, -0.15) is 9.30 Å². The highest BCUT2D eigenvalue weighted by Gasteiger charge is 2.65. The minimum atomic E-state index is -5.58. The maximum Gasteiger partial charge on any atom is 0.481 e. The SMILES string of the molecule is Cc1cc2c(cc1C)N1CC[C@@H](c3ccccc3)[C@]13C(=O)NC(=O)N=C3N2C[C@H](O)[C@H](O)[C@H](O)COP(=O)(O)OP(=O)(O)OC[C@H]1O[C@@H](n2cnc3c(N)ncnc32)[C@H](O)[C@@H]1O. The number of aromatic nitrogens is 4. The van der Waals surface area contributed by atoms with Crippen LogP contribution in [-0.4, -0.2) is 141 Å². The predicted molar refractivity (Wildman–Crippen MR) is 214 cm³/mol. The molecule has 0 aliphatic carbocycles. The number of benzene rings is 2. The van der Waals surface area contributed by atoms with Crippen LogP contribution in [0.5, 0.6) is 0 Å². The number of urea groups is 1. The molecular weight excluding hydrogens is 860 g/mol. The fourth-order valence-electron chi connectivity index (χ4n) is 8.40. The minimum Gasteiger partial charge on any atom is -0.388 e. The number of aliphatic hydroxyl groups is 5. The summed E-state index contributed by atoms with van der Waals surface area (Å²) >= 11 is 0. The largest absolute Gasteiger partial charge is 0.481 e. The van der Waals surface area contributed by atoms with Crippen LogP contribution in [0.3, 0.4) is 0 Å². The highest BCUT2D eigenvalue weighted by Crippen LogP contribution is 2.61. The average molecular weight is 904 g/mol. The van der Waals surface area contributed by atoms with Gasteiger partial charge in [-0.3, -0.25) is 23.7 Å². The summed E-state index contributed by atoms with van der Waals surface area (Å²) in [5.41, 5.74) is 8.07. The van der Waals surface area contributed by atoms with E-state index in [4.69, 9.17) is 19.5 Å². The summed E-state index contributed by atoms with van der Waals surface area (Å²) in [4.78, 5) is 67.2. The van der Waals surface area contributed by atoms with Crippen molar-refractivity contribution in [1.29, 1.82) is 0 Å². The predicted octanol–water partition coefficient (Wildman–Crippen LogP) is -0.121. The number of anilines is 3. The van der Waals surface area contributed by atoms with Crippen LogP contribution in [0.1, 0.15) is 35.3 Å². The number of aliphatic imine (C=N–C) groups is 1. The van der Waals surface area contributed by atoms with Gasteiger partial charge >= 0.3 is 21.7 Å². The average Bonchev–Trinajstić information content (AvgIpc) is 3.92. The first-order valence-electron chi connectivity index (χ1n) is 19.1. The fourth-order valence-corrected chi connectivity index (χ4v) is 10.5. The second kappa shape index (κ2) is 16.4. The molecule has 11 atom stereocenters. The Labute approximate surface area is 351 Å². The number of nitrogens with one attached hydrogen (secondary N) is 1. The van der Waals surface area contributed by atoms with Gasteiger partial charge in [0.15, 0.2) is 29.1 Å². The van der Waals surface area contributed by atoms with Crippen molar-refractivity contribution in [3.63, 3.8) is 0 Å². The summed E-state index contributed by atoms with van der Waals surface area (Å²) in [7, 11) is -11.1. The van der Waals surface area contributed by atoms with Crippen molar-refractivity contribution < 1.29 is 72.1 Å². The molecule has 0 bridgehead atoms. The number of imide groups is 1. The molecule has 2 fully saturated rings. The molecule has 2 saturated heterocycles. The number of nitrogens with two attached hydrogens (primary N) is 1. The number of rotatable bonds is 14. The van der Waals surface area contributed by atoms with Crippen LogP contribution in [0.25, 0.3) is 11.2 Å². The Hall–Kier alpha value is -4.78. The molecule has 8 rings (SSSR count). The Bertz CT molecular complexity index is 2530. The van der Waals surface area contributed by atoms with Gasteiger partial charge in [-0.25, -0.2) is 28.9 Å². The van der Waals surface area contributed by atoms with E-state index in [9.17, 15) is 54.0 Å². The van der Waals surface area contributed by atoms with Gasteiger partial charge in [0, 0.05) is 12.5 Å². The highest BCUT2D eigenvalue weighted by atomic mass is 31.3. The molecule has 4 aliphatic rings. The van der Waals surface area contributed by atoms with E-state index in [2.05, 4.69) is 29.6 Å². The Kier molecular flexibility index (Phi) is 11.6. The van der Waals surface area contributed by atoms with Gasteiger partial charge in [0.2, 0.25) is 0 Å². The number of aryl methyl sites for hydroxylation is 2. The fraction of sp³-hybridized carbons (Fsp3) is 0.444. The van der Waals surface area contributed by atoms with E-state index in [1.165, 1.54) is 15.8 Å². The van der Waals surface area contributed by atoms with Crippen molar-refractivity contribution in [3.8, 4) is 0 Å². The van der Waals surface area contributed by atoms with E-state index in [1.807, 2.05) is 55.1 Å². The Balaban J connectivity index is 0.935. The number of ether oxygens (including phenoxy) is 1. The third-order valence-electron chi connectivity index (χ3n) is 11.5. The number of β-amino-alcohol motifs (C(OH)–C–C–N with tert-alkyl or cyclic N) is 1. The van der Waals surface area contributed by atoms with E-state index < -0.39 is 102 Å². The minimum absolute atomic E-state index is 0.0205. The number of amidine groups is 1. The zero-order chi connectivity index (χ0) is 44.5. The summed E-state index contributed by atoms with van der Waals surface area (Å²) in [6, 6.07) is 11.9. The van der Waals surface area contributed by atoms with Crippen molar-refractivity contribution in [2.45, 2.75) is 74.6 Å². The second-order valence-corrected chi connectivity index (χ2v) is 18.3. The third kappa shape index (κ3) is 7.70. The first-order valence-corrected chi connectivity index (χ1v) is 22.1. The van der Waals surface area contributed by atoms with Crippen molar-refractivity contribution in [3.05, 3.63) is 71.8 Å². The molecule has 4 aliphatic heterocycles. The van der Waals surface area contributed by atoms with Crippen molar-refractivity contribution in [2.24, 2.45) is 4.99 Å². The molecule has 0 radical (unpaired) electrons. The third-order valence-corrected chi connectivity index (χ3v) is 14.1. The Morgan fingerprint density at radius 3 is 2.39 bits per heavy atom. The van der Waals surface area contributed by atoms with Crippen LogP contribution < -0.4 is 20.9 Å². The molecule has 10 N–H and O–H groups in total. The number of hydrogen-bond acceptors (Lipinski definition) is 19. The monoisotopic (exact) mass is 903 g/mol. The Morgan fingerprint density at radius 2 is 1.66 bits per heavy atom. The van der Waals surface area contributed by atoms with Crippen molar-refractivity contribution >= 4 is 61.8 Å². The molecule has 24 nitrogen and oxygen atoms in total. The van der Waals surface area contributed by atoms with Crippen LogP contribution in [0.4, 0.5) is 22.0 Å². The summed E-state index contributed by atoms with van der Waals surface area (Å²) in [5.74, 6) is -1.15. The number of hydrogen-bond donors (Lipinski definition) is 9. The zero-order valence-corrected chi connectivity index (χ0v) is 34.6. The highest BCUT2D eigenvalue weighted by molar-refractivity contribution is 7.61. The molecule has 3 amide bonds. The number of fused-ring (bicyclic) bond motifs is 3. The number of nitrogen functional groups attached to an aromatic ring is 1. The van der Waals surface area contributed by atoms with Gasteiger partial charge < -0.3 is 55.6 Å². The molecule has 26 heteroatoms. The number of nitrogens with zero attached hydrogens (tertiary/aromatic N) is 7. The van der Waals surface area contributed by atoms with E-state index >= 15 is 0 Å². The molecule has 0 saturated carbocycles. The lowest BCUT2D eigenvalue weighted by Crippen LogP contribution is -2.73. The quantitative estimate of drug-likeness (QED) is 0.0745.